The topological polar surface area (TPSA) is 98.5 Å². The predicted molar refractivity (Wildman–Crippen MR) is 138 cm³/mol. The van der Waals surface area contributed by atoms with E-state index in [2.05, 4.69) is 0 Å². The summed E-state index contributed by atoms with van der Waals surface area (Å²) in [5, 5.41) is 9.60. The molecule has 3 aromatic carbocycles. The lowest BCUT2D eigenvalue weighted by molar-refractivity contribution is -0.122. The fourth-order valence-electron chi connectivity index (χ4n) is 3.97. The molecule has 11 heteroatoms. The number of sulfonamides is 1. The SMILES string of the molecule is N#Cc1ccc(N2C(=O)CC(N(CCc3cccc(Cl)c3)S(=O)(=O)c3cc(Cl)ccc3Cl)C2=O)cc1. The number of imide groups is 1. The number of hydrogen-bond donors (Lipinski definition) is 0. The first-order valence-corrected chi connectivity index (χ1v) is 13.3. The molecule has 184 valence electrons. The molecule has 2 amide bonds. The molecule has 0 bridgehead atoms. The lowest BCUT2D eigenvalue weighted by Crippen LogP contribution is -2.46. The van der Waals surface area contributed by atoms with Crippen LogP contribution >= 0.6 is 34.8 Å². The summed E-state index contributed by atoms with van der Waals surface area (Å²) in [5.74, 6) is -1.26. The van der Waals surface area contributed by atoms with Crippen LogP contribution in [0.4, 0.5) is 5.69 Å². The van der Waals surface area contributed by atoms with Crippen LogP contribution in [0.5, 0.6) is 0 Å². The first kappa shape index (κ1) is 26.1. The number of amides is 2. The van der Waals surface area contributed by atoms with E-state index in [1.165, 1.54) is 42.5 Å². The molecule has 0 saturated carbocycles. The van der Waals surface area contributed by atoms with Crippen molar-refractivity contribution in [2.24, 2.45) is 0 Å². The molecule has 0 aliphatic carbocycles. The highest BCUT2D eigenvalue weighted by molar-refractivity contribution is 7.89. The number of carbonyl (C=O) groups is 2. The van der Waals surface area contributed by atoms with E-state index in [1.807, 2.05) is 6.07 Å². The molecule has 7 nitrogen and oxygen atoms in total. The Labute approximate surface area is 223 Å². The van der Waals surface area contributed by atoms with E-state index in [9.17, 15) is 18.0 Å². The summed E-state index contributed by atoms with van der Waals surface area (Å²) in [7, 11) is -4.35. The molecule has 4 rings (SSSR count). The van der Waals surface area contributed by atoms with Crippen molar-refractivity contribution < 1.29 is 18.0 Å². The van der Waals surface area contributed by atoms with E-state index < -0.39 is 27.9 Å². The van der Waals surface area contributed by atoms with Crippen LogP contribution in [0.2, 0.25) is 15.1 Å². The van der Waals surface area contributed by atoms with Crippen LogP contribution in [-0.4, -0.2) is 37.1 Å². The molecule has 1 aliphatic rings. The fourth-order valence-corrected chi connectivity index (χ4v) is 6.51. The smallest absolute Gasteiger partial charge is 0.252 e. The second-order valence-electron chi connectivity index (χ2n) is 8.02. The molecule has 0 spiro atoms. The Balaban J connectivity index is 1.73. The lowest BCUT2D eigenvalue weighted by atomic mass is 10.1. The molecule has 1 fully saturated rings. The minimum Gasteiger partial charge on any atom is -0.274 e. The molecular formula is C25H18Cl3N3O4S. The molecular weight excluding hydrogens is 545 g/mol. The van der Waals surface area contributed by atoms with Gasteiger partial charge in [-0.15, -0.1) is 0 Å². The van der Waals surface area contributed by atoms with Gasteiger partial charge in [-0.3, -0.25) is 9.59 Å². The lowest BCUT2D eigenvalue weighted by Gasteiger charge is -2.27. The van der Waals surface area contributed by atoms with Gasteiger partial charge < -0.3 is 0 Å². The highest BCUT2D eigenvalue weighted by Gasteiger charge is 2.47. The van der Waals surface area contributed by atoms with Gasteiger partial charge in [0.05, 0.1) is 28.8 Å². The first-order chi connectivity index (χ1) is 17.1. The second kappa shape index (κ2) is 10.6. The van der Waals surface area contributed by atoms with Gasteiger partial charge in [-0.1, -0.05) is 46.9 Å². The summed E-state index contributed by atoms with van der Waals surface area (Å²) in [6.45, 7) is -0.115. The number of anilines is 1. The minimum atomic E-state index is -4.35. The first-order valence-electron chi connectivity index (χ1n) is 10.7. The van der Waals surface area contributed by atoms with Gasteiger partial charge in [0.2, 0.25) is 15.9 Å². The average molecular weight is 563 g/mol. The highest BCUT2D eigenvalue weighted by atomic mass is 35.5. The zero-order valence-corrected chi connectivity index (χ0v) is 21.7. The van der Waals surface area contributed by atoms with Crippen molar-refractivity contribution in [3.05, 3.63) is 92.9 Å². The molecule has 0 radical (unpaired) electrons. The Morgan fingerprint density at radius 1 is 0.972 bits per heavy atom. The molecule has 0 aromatic heterocycles. The number of nitrogens with zero attached hydrogens (tertiary/aromatic N) is 3. The molecule has 0 N–H and O–H groups in total. The van der Waals surface area contributed by atoms with Gasteiger partial charge >= 0.3 is 0 Å². The zero-order chi connectivity index (χ0) is 26.0. The van der Waals surface area contributed by atoms with Crippen molar-refractivity contribution in [2.75, 3.05) is 11.4 Å². The summed E-state index contributed by atoms with van der Waals surface area (Å²) in [6, 6.07) is 17.5. The van der Waals surface area contributed by atoms with Crippen LogP contribution in [0.15, 0.2) is 71.6 Å². The number of hydrogen-bond acceptors (Lipinski definition) is 5. The van der Waals surface area contributed by atoms with Gasteiger partial charge in [-0.25, -0.2) is 13.3 Å². The van der Waals surface area contributed by atoms with Crippen LogP contribution < -0.4 is 4.90 Å². The summed E-state index contributed by atoms with van der Waals surface area (Å²) in [4.78, 5) is 27.0. The maximum atomic E-state index is 13.8. The molecule has 1 atom stereocenters. The van der Waals surface area contributed by atoms with E-state index in [4.69, 9.17) is 40.1 Å². The van der Waals surface area contributed by atoms with Crippen molar-refractivity contribution in [1.29, 1.82) is 5.26 Å². The largest absolute Gasteiger partial charge is 0.274 e. The third kappa shape index (κ3) is 5.26. The molecule has 36 heavy (non-hydrogen) atoms. The molecule has 1 saturated heterocycles. The number of carbonyl (C=O) groups excluding carboxylic acids is 2. The summed E-state index contributed by atoms with van der Waals surface area (Å²) in [5.41, 5.74) is 1.36. The van der Waals surface area contributed by atoms with Gasteiger partial charge in [0.15, 0.2) is 0 Å². The number of nitriles is 1. The number of rotatable bonds is 7. The Kier molecular flexibility index (Phi) is 7.69. The van der Waals surface area contributed by atoms with Crippen molar-refractivity contribution in [1.82, 2.24) is 4.31 Å². The summed E-state index contributed by atoms with van der Waals surface area (Å²) in [6.07, 6.45) is -0.126. The van der Waals surface area contributed by atoms with Crippen LogP contribution in [-0.2, 0) is 26.0 Å². The molecule has 1 heterocycles. The standard InChI is InChI=1S/C25H18Cl3N3O4S/c26-18-3-1-2-16(12-18)10-11-30(36(34,35)23-13-19(27)6-9-21(23)28)22-14-24(32)31(25(22)33)20-7-4-17(15-29)5-8-20/h1-9,12-13,22H,10-11,14H2. The van der Waals surface area contributed by atoms with Gasteiger partial charge in [0, 0.05) is 16.6 Å². The van der Waals surface area contributed by atoms with Crippen molar-refractivity contribution in [2.45, 2.75) is 23.8 Å². The average Bonchev–Trinajstić information content (AvgIpc) is 3.14. The van der Waals surface area contributed by atoms with Crippen LogP contribution in [0, 0.1) is 11.3 Å². The number of benzene rings is 3. The van der Waals surface area contributed by atoms with Crippen molar-refractivity contribution >= 4 is 62.3 Å². The Morgan fingerprint density at radius 3 is 2.33 bits per heavy atom. The third-order valence-corrected chi connectivity index (χ3v) is 8.57. The van der Waals surface area contributed by atoms with Crippen LogP contribution in [0.25, 0.3) is 0 Å². The molecule has 1 unspecified atom stereocenters. The Bertz CT molecular complexity index is 1490. The van der Waals surface area contributed by atoms with Crippen molar-refractivity contribution in [3.8, 4) is 6.07 Å². The maximum absolute atomic E-state index is 13.8. The van der Waals surface area contributed by atoms with E-state index in [0.717, 1.165) is 14.8 Å². The zero-order valence-electron chi connectivity index (χ0n) is 18.6. The van der Waals surface area contributed by atoms with E-state index in [-0.39, 0.29) is 40.0 Å². The normalized spacial score (nSPS) is 16.0. The second-order valence-corrected chi connectivity index (χ2v) is 11.2. The fraction of sp³-hybridized carbons (Fsp3) is 0.160. The monoisotopic (exact) mass is 561 g/mol. The van der Waals surface area contributed by atoms with Gasteiger partial charge in [0.25, 0.3) is 5.91 Å². The highest BCUT2D eigenvalue weighted by Crippen LogP contribution is 2.33. The van der Waals surface area contributed by atoms with Crippen LogP contribution in [0.3, 0.4) is 0 Å². The van der Waals surface area contributed by atoms with E-state index in [1.54, 1.807) is 24.3 Å². The van der Waals surface area contributed by atoms with E-state index in [0.29, 0.717) is 10.6 Å². The molecule has 1 aliphatic heterocycles. The van der Waals surface area contributed by atoms with Gasteiger partial charge in [0.1, 0.15) is 10.9 Å². The maximum Gasteiger partial charge on any atom is 0.252 e. The van der Waals surface area contributed by atoms with Gasteiger partial charge in [-0.2, -0.15) is 9.57 Å². The Morgan fingerprint density at radius 2 is 1.67 bits per heavy atom. The summed E-state index contributed by atoms with van der Waals surface area (Å²) >= 11 is 18.3. The van der Waals surface area contributed by atoms with Crippen molar-refractivity contribution in [3.63, 3.8) is 0 Å². The van der Waals surface area contributed by atoms with Crippen LogP contribution in [0.1, 0.15) is 17.5 Å². The number of halogens is 3. The quantitative estimate of drug-likeness (QED) is 0.374. The third-order valence-electron chi connectivity index (χ3n) is 5.71. The van der Waals surface area contributed by atoms with E-state index >= 15 is 0 Å². The van der Waals surface area contributed by atoms with Gasteiger partial charge in [-0.05, 0) is 66.6 Å². The molecule has 3 aromatic rings. The Hall–Kier alpha value is -2.93. The summed E-state index contributed by atoms with van der Waals surface area (Å²) < 4.78 is 28.6. The minimum absolute atomic E-state index is 0.0622. The predicted octanol–water partition coefficient (Wildman–Crippen LogP) is 5.08.